The molecule has 1 aromatic carbocycles. The molecule has 0 aromatic heterocycles. The predicted octanol–water partition coefficient (Wildman–Crippen LogP) is 3.22. The first-order valence-corrected chi connectivity index (χ1v) is 6.82. The lowest BCUT2D eigenvalue weighted by molar-refractivity contribution is 0.650. The Kier molecular flexibility index (Phi) is 4.30. The molecular formula is C14H21ClN2. The van der Waals surface area contributed by atoms with E-state index in [0.29, 0.717) is 12.6 Å². The van der Waals surface area contributed by atoms with Crippen molar-refractivity contribution in [3.05, 3.63) is 28.8 Å². The van der Waals surface area contributed by atoms with Gasteiger partial charge in [0, 0.05) is 13.1 Å². The van der Waals surface area contributed by atoms with Crippen LogP contribution in [0.1, 0.15) is 31.2 Å². The second-order valence-corrected chi connectivity index (χ2v) is 5.24. The molecule has 0 heterocycles. The van der Waals surface area contributed by atoms with E-state index in [0.717, 1.165) is 11.4 Å². The SMILES string of the molecule is CN(c1c(Cl)cccc1CCN)C1CCCC1. The first kappa shape index (κ1) is 12.7. The highest BCUT2D eigenvalue weighted by Crippen LogP contribution is 2.34. The van der Waals surface area contributed by atoms with Crippen molar-refractivity contribution >= 4 is 17.3 Å². The summed E-state index contributed by atoms with van der Waals surface area (Å²) in [6, 6.07) is 6.77. The van der Waals surface area contributed by atoms with E-state index in [2.05, 4.69) is 18.0 Å². The van der Waals surface area contributed by atoms with Crippen LogP contribution in [-0.4, -0.2) is 19.6 Å². The maximum absolute atomic E-state index is 6.36. The van der Waals surface area contributed by atoms with Gasteiger partial charge in [-0.25, -0.2) is 0 Å². The third kappa shape index (κ3) is 2.75. The number of anilines is 1. The molecule has 0 atom stereocenters. The van der Waals surface area contributed by atoms with E-state index in [1.54, 1.807) is 0 Å². The second kappa shape index (κ2) is 5.74. The number of halogens is 1. The summed E-state index contributed by atoms with van der Waals surface area (Å²) in [5.74, 6) is 0. The van der Waals surface area contributed by atoms with Gasteiger partial charge < -0.3 is 10.6 Å². The average Bonchev–Trinajstić information content (AvgIpc) is 2.82. The van der Waals surface area contributed by atoms with Crippen LogP contribution in [0.15, 0.2) is 18.2 Å². The van der Waals surface area contributed by atoms with Crippen molar-refractivity contribution in [2.75, 3.05) is 18.5 Å². The predicted molar refractivity (Wildman–Crippen MR) is 74.9 cm³/mol. The van der Waals surface area contributed by atoms with Gasteiger partial charge in [-0.1, -0.05) is 36.6 Å². The Balaban J connectivity index is 2.28. The minimum atomic E-state index is 0.645. The zero-order chi connectivity index (χ0) is 12.3. The van der Waals surface area contributed by atoms with Crippen LogP contribution in [-0.2, 0) is 6.42 Å². The topological polar surface area (TPSA) is 29.3 Å². The Morgan fingerprint density at radius 1 is 1.35 bits per heavy atom. The fourth-order valence-electron chi connectivity index (χ4n) is 2.79. The van der Waals surface area contributed by atoms with E-state index in [4.69, 9.17) is 17.3 Å². The van der Waals surface area contributed by atoms with Gasteiger partial charge in [0.15, 0.2) is 0 Å². The highest BCUT2D eigenvalue weighted by Gasteiger charge is 2.22. The van der Waals surface area contributed by atoms with Gasteiger partial charge in [-0.05, 0) is 37.4 Å². The molecule has 0 spiro atoms. The summed E-state index contributed by atoms with van der Waals surface area (Å²) in [6.07, 6.45) is 6.14. The third-order valence-corrected chi connectivity index (χ3v) is 4.01. The average molecular weight is 253 g/mol. The number of benzene rings is 1. The van der Waals surface area contributed by atoms with Crippen LogP contribution in [0.2, 0.25) is 5.02 Å². The summed E-state index contributed by atoms with van der Waals surface area (Å²) in [6.45, 7) is 0.672. The summed E-state index contributed by atoms with van der Waals surface area (Å²) >= 11 is 6.36. The number of nitrogens with two attached hydrogens (primary N) is 1. The molecule has 1 aromatic rings. The van der Waals surface area contributed by atoms with Crippen molar-refractivity contribution < 1.29 is 0 Å². The van der Waals surface area contributed by atoms with E-state index >= 15 is 0 Å². The summed E-state index contributed by atoms with van der Waals surface area (Å²) in [5.41, 5.74) is 8.13. The standard InChI is InChI=1S/C14H21ClN2/c1-17(12-6-2-3-7-12)14-11(9-10-16)5-4-8-13(14)15/h4-5,8,12H,2-3,6-7,9-10,16H2,1H3. The van der Waals surface area contributed by atoms with Crippen LogP contribution in [0.5, 0.6) is 0 Å². The molecule has 0 amide bonds. The van der Waals surface area contributed by atoms with Gasteiger partial charge in [-0.15, -0.1) is 0 Å². The highest BCUT2D eigenvalue weighted by molar-refractivity contribution is 6.33. The van der Waals surface area contributed by atoms with Crippen molar-refractivity contribution in [1.29, 1.82) is 0 Å². The minimum Gasteiger partial charge on any atom is -0.370 e. The van der Waals surface area contributed by atoms with Crippen molar-refractivity contribution in [1.82, 2.24) is 0 Å². The number of hydrogen-bond acceptors (Lipinski definition) is 2. The van der Waals surface area contributed by atoms with Gasteiger partial charge >= 0.3 is 0 Å². The highest BCUT2D eigenvalue weighted by atomic mass is 35.5. The summed E-state index contributed by atoms with van der Waals surface area (Å²) < 4.78 is 0. The quantitative estimate of drug-likeness (QED) is 0.892. The molecule has 1 fully saturated rings. The molecule has 1 saturated carbocycles. The van der Waals surface area contributed by atoms with Crippen LogP contribution in [0.3, 0.4) is 0 Å². The molecule has 1 aliphatic carbocycles. The number of para-hydroxylation sites is 1. The van der Waals surface area contributed by atoms with Crippen LogP contribution in [0.4, 0.5) is 5.69 Å². The second-order valence-electron chi connectivity index (χ2n) is 4.84. The molecule has 2 rings (SSSR count). The molecule has 0 radical (unpaired) electrons. The lowest BCUT2D eigenvalue weighted by atomic mass is 10.1. The van der Waals surface area contributed by atoms with Gasteiger partial charge in [0.1, 0.15) is 0 Å². The van der Waals surface area contributed by atoms with E-state index in [1.165, 1.54) is 36.9 Å². The maximum atomic E-state index is 6.36. The van der Waals surface area contributed by atoms with E-state index in [-0.39, 0.29) is 0 Å². The number of rotatable bonds is 4. The molecule has 0 saturated heterocycles. The third-order valence-electron chi connectivity index (χ3n) is 3.71. The van der Waals surface area contributed by atoms with Crippen LogP contribution in [0.25, 0.3) is 0 Å². The maximum Gasteiger partial charge on any atom is 0.0642 e. The van der Waals surface area contributed by atoms with Crippen molar-refractivity contribution in [2.45, 2.75) is 38.1 Å². The fraction of sp³-hybridized carbons (Fsp3) is 0.571. The molecule has 0 aliphatic heterocycles. The molecule has 3 heteroatoms. The molecule has 2 nitrogen and oxygen atoms in total. The van der Waals surface area contributed by atoms with Gasteiger partial charge in [-0.2, -0.15) is 0 Å². The summed E-state index contributed by atoms with van der Waals surface area (Å²) in [7, 11) is 2.16. The number of nitrogens with zero attached hydrogens (tertiary/aromatic N) is 1. The smallest absolute Gasteiger partial charge is 0.0642 e. The molecule has 0 bridgehead atoms. The zero-order valence-electron chi connectivity index (χ0n) is 10.5. The molecule has 0 unspecified atom stereocenters. The van der Waals surface area contributed by atoms with E-state index < -0.39 is 0 Å². The Morgan fingerprint density at radius 2 is 2.06 bits per heavy atom. The number of hydrogen-bond donors (Lipinski definition) is 1. The van der Waals surface area contributed by atoms with Gasteiger partial charge in [0.05, 0.1) is 10.7 Å². The van der Waals surface area contributed by atoms with E-state index in [9.17, 15) is 0 Å². The Bertz CT molecular complexity index is 372. The van der Waals surface area contributed by atoms with E-state index in [1.807, 2.05) is 12.1 Å². The Morgan fingerprint density at radius 3 is 2.71 bits per heavy atom. The molecule has 17 heavy (non-hydrogen) atoms. The van der Waals surface area contributed by atoms with Gasteiger partial charge in [0.2, 0.25) is 0 Å². The Labute approximate surface area is 109 Å². The van der Waals surface area contributed by atoms with Gasteiger partial charge in [-0.3, -0.25) is 0 Å². The Hall–Kier alpha value is -0.730. The lowest BCUT2D eigenvalue weighted by Crippen LogP contribution is -2.30. The molecule has 94 valence electrons. The first-order chi connectivity index (χ1) is 8.24. The molecule has 2 N–H and O–H groups in total. The summed E-state index contributed by atoms with van der Waals surface area (Å²) in [5, 5.41) is 0.852. The molecule has 1 aliphatic rings. The minimum absolute atomic E-state index is 0.645. The fourth-order valence-corrected chi connectivity index (χ4v) is 3.11. The molecular weight excluding hydrogens is 232 g/mol. The van der Waals surface area contributed by atoms with Crippen LogP contribution >= 0.6 is 11.6 Å². The monoisotopic (exact) mass is 252 g/mol. The zero-order valence-corrected chi connectivity index (χ0v) is 11.2. The normalized spacial score (nSPS) is 16.4. The van der Waals surface area contributed by atoms with Crippen LogP contribution in [0, 0.1) is 0 Å². The largest absolute Gasteiger partial charge is 0.370 e. The van der Waals surface area contributed by atoms with Gasteiger partial charge in [0.25, 0.3) is 0 Å². The first-order valence-electron chi connectivity index (χ1n) is 6.44. The van der Waals surface area contributed by atoms with Crippen molar-refractivity contribution in [2.24, 2.45) is 5.73 Å². The van der Waals surface area contributed by atoms with Crippen molar-refractivity contribution in [3.63, 3.8) is 0 Å². The summed E-state index contributed by atoms with van der Waals surface area (Å²) in [4.78, 5) is 2.36. The van der Waals surface area contributed by atoms with Crippen molar-refractivity contribution in [3.8, 4) is 0 Å². The van der Waals surface area contributed by atoms with Crippen LogP contribution < -0.4 is 10.6 Å². The lowest BCUT2D eigenvalue weighted by Gasteiger charge is -2.29.